The number of nitrogens with one attached hydrogen (secondary N) is 2. The predicted octanol–water partition coefficient (Wildman–Crippen LogP) is 2.77. The molecule has 2 aromatic carbocycles. The van der Waals surface area contributed by atoms with E-state index in [9.17, 15) is 9.59 Å². The van der Waals surface area contributed by atoms with Crippen LogP contribution in [0.25, 0.3) is 10.9 Å². The molecule has 0 saturated heterocycles. The number of hydrogen-bond donors (Lipinski definition) is 2. The summed E-state index contributed by atoms with van der Waals surface area (Å²) in [6.07, 6.45) is 1.73. The van der Waals surface area contributed by atoms with Crippen molar-refractivity contribution in [1.29, 1.82) is 0 Å². The molecular weight excluding hydrogens is 488 g/mol. The molecule has 4 rings (SSSR count). The van der Waals surface area contributed by atoms with Gasteiger partial charge in [-0.3, -0.25) is 14.3 Å². The van der Waals surface area contributed by atoms with E-state index in [-0.39, 0.29) is 43.4 Å². The average Bonchev–Trinajstić information content (AvgIpc) is 3.40. The summed E-state index contributed by atoms with van der Waals surface area (Å²) in [5, 5.41) is 11.8. The van der Waals surface area contributed by atoms with Crippen molar-refractivity contribution < 1.29 is 9.59 Å². The molecule has 0 fully saturated rings. The van der Waals surface area contributed by atoms with Crippen LogP contribution in [0, 0.1) is 13.8 Å². The van der Waals surface area contributed by atoms with Crippen molar-refractivity contribution in [2.45, 2.75) is 39.7 Å². The molecule has 0 unspecified atom stereocenters. The van der Waals surface area contributed by atoms with Gasteiger partial charge in [-0.25, -0.2) is 0 Å². The number of rotatable bonds is 10. The third kappa shape index (κ3) is 6.43. The van der Waals surface area contributed by atoms with Crippen molar-refractivity contribution in [3.05, 3.63) is 58.8 Å². The van der Waals surface area contributed by atoms with Crippen LogP contribution in [0.1, 0.15) is 29.3 Å². The first kappa shape index (κ1) is 28.5. The maximum atomic E-state index is 13.5. The lowest BCUT2D eigenvalue weighted by atomic mass is 10.1. The van der Waals surface area contributed by atoms with Gasteiger partial charge in [-0.15, -0.1) is 12.4 Å². The largest absolute Gasteiger partial charge is 0.353 e. The Hall–Kier alpha value is -3.10. The third-order valence-electron chi connectivity index (χ3n) is 7.20. The number of hydrogen-bond acceptors (Lipinski definition) is 5. The first-order valence-corrected chi connectivity index (χ1v) is 12.8. The molecule has 37 heavy (non-hydrogen) atoms. The number of nitrogens with zero attached hydrogens (tertiary/aromatic N) is 4. The fraction of sp³-hybridized carbons (Fsp3) is 0.464. The molecule has 1 aliphatic rings. The minimum absolute atomic E-state index is 0. The van der Waals surface area contributed by atoms with Crippen LogP contribution in [-0.2, 0) is 29.5 Å². The first-order chi connectivity index (χ1) is 17.3. The van der Waals surface area contributed by atoms with Crippen molar-refractivity contribution >= 4 is 40.8 Å². The Bertz CT molecular complexity index is 1230. The summed E-state index contributed by atoms with van der Waals surface area (Å²) in [6, 6.07) is 12.7. The summed E-state index contributed by atoms with van der Waals surface area (Å²) in [5.41, 5.74) is 6.47. The molecule has 3 aromatic rings. The van der Waals surface area contributed by atoms with E-state index in [1.165, 1.54) is 11.1 Å². The minimum Gasteiger partial charge on any atom is -0.353 e. The van der Waals surface area contributed by atoms with Gasteiger partial charge in [0.05, 0.1) is 24.3 Å². The number of carbonyl (C=O) groups excluding carboxylic acids is 2. The molecule has 0 saturated carbocycles. The van der Waals surface area contributed by atoms with Crippen LogP contribution in [0.5, 0.6) is 0 Å². The fourth-order valence-corrected chi connectivity index (χ4v) is 5.13. The van der Waals surface area contributed by atoms with Gasteiger partial charge in [-0.05, 0) is 62.1 Å². The van der Waals surface area contributed by atoms with Crippen LogP contribution in [0.3, 0.4) is 0 Å². The van der Waals surface area contributed by atoms with E-state index in [2.05, 4.69) is 52.1 Å². The van der Waals surface area contributed by atoms with E-state index in [1.807, 2.05) is 49.3 Å². The van der Waals surface area contributed by atoms with Crippen molar-refractivity contribution in [3.8, 4) is 0 Å². The molecule has 0 aliphatic heterocycles. The van der Waals surface area contributed by atoms with Gasteiger partial charge in [0.2, 0.25) is 11.8 Å². The van der Waals surface area contributed by atoms with Crippen molar-refractivity contribution in [1.82, 2.24) is 25.3 Å². The summed E-state index contributed by atoms with van der Waals surface area (Å²) < 4.78 is 1.85. The number of benzene rings is 2. The van der Waals surface area contributed by atoms with Crippen LogP contribution in [0.15, 0.2) is 36.4 Å². The maximum absolute atomic E-state index is 13.5. The lowest BCUT2D eigenvalue weighted by Crippen LogP contribution is -2.47. The molecule has 0 spiro atoms. The average molecular weight is 527 g/mol. The molecule has 1 aromatic heterocycles. The molecule has 200 valence electrons. The number of aryl methyl sites for hydroxylation is 3. The zero-order valence-corrected chi connectivity index (χ0v) is 23.3. The summed E-state index contributed by atoms with van der Waals surface area (Å²) in [6.45, 7) is 8.42. The number of likely N-dealkylation sites (N-methyl/N-ethyl adjacent to an activating group) is 2. The van der Waals surface area contributed by atoms with Gasteiger partial charge in [-0.2, -0.15) is 5.10 Å². The molecule has 1 aliphatic carbocycles. The van der Waals surface area contributed by atoms with E-state index in [1.54, 1.807) is 0 Å². The first-order valence-electron chi connectivity index (χ1n) is 12.8. The Morgan fingerprint density at radius 2 is 1.76 bits per heavy atom. The SMILES string of the molecule is CCNCCNC(=O)CN(CC(=O)N(C)C1Cc2ccccc2C1)c1cc2c(cc1C)c(C)nn2C.Cl. The second-order valence-electron chi connectivity index (χ2n) is 9.76. The van der Waals surface area contributed by atoms with E-state index in [0.29, 0.717) is 13.1 Å². The molecule has 9 heteroatoms. The molecule has 2 N–H and O–H groups in total. The molecule has 0 radical (unpaired) electrons. The molecule has 0 atom stereocenters. The Morgan fingerprint density at radius 3 is 2.41 bits per heavy atom. The van der Waals surface area contributed by atoms with Crippen LogP contribution in [0.4, 0.5) is 5.69 Å². The van der Waals surface area contributed by atoms with Gasteiger partial charge in [0, 0.05) is 44.3 Å². The van der Waals surface area contributed by atoms with Gasteiger partial charge in [0.15, 0.2) is 0 Å². The number of aromatic nitrogens is 2. The normalized spacial score (nSPS) is 12.8. The summed E-state index contributed by atoms with van der Waals surface area (Å²) in [4.78, 5) is 30.1. The number of anilines is 1. The van der Waals surface area contributed by atoms with Crippen LogP contribution in [-0.4, -0.2) is 72.3 Å². The second-order valence-corrected chi connectivity index (χ2v) is 9.76. The van der Waals surface area contributed by atoms with Gasteiger partial charge >= 0.3 is 0 Å². The van der Waals surface area contributed by atoms with Crippen LogP contribution >= 0.6 is 12.4 Å². The monoisotopic (exact) mass is 526 g/mol. The van der Waals surface area contributed by atoms with Gasteiger partial charge < -0.3 is 20.4 Å². The van der Waals surface area contributed by atoms with Gasteiger partial charge in [0.1, 0.15) is 0 Å². The van der Waals surface area contributed by atoms with Crippen LogP contribution < -0.4 is 15.5 Å². The number of fused-ring (bicyclic) bond motifs is 2. The minimum atomic E-state index is -0.0997. The van der Waals surface area contributed by atoms with Crippen molar-refractivity contribution in [2.75, 3.05) is 44.7 Å². The highest BCUT2D eigenvalue weighted by Crippen LogP contribution is 2.29. The molecular formula is C28H39ClN6O2. The maximum Gasteiger partial charge on any atom is 0.242 e. The third-order valence-corrected chi connectivity index (χ3v) is 7.20. The topological polar surface area (TPSA) is 82.5 Å². The molecule has 8 nitrogen and oxygen atoms in total. The number of halogens is 1. The quantitative estimate of drug-likeness (QED) is 0.397. The lowest BCUT2D eigenvalue weighted by molar-refractivity contribution is -0.130. The van der Waals surface area contributed by atoms with Crippen molar-refractivity contribution in [3.63, 3.8) is 0 Å². The highest BCUT2D eigenvalue weighted by atomic mass is 35.5. The fourth-order valence-electron chi connectivity index (χ4n) is 5.13. The summed E-state index contributed by atoms with van der Waals surface area (Å²) >= 11 is 0. The Labute approximate surface area is 225 Å². The number of amides is 2. The smallest absolute Gasteiger partial charge is 0.242 e. The zero-order valence-electron chi connectivity index (χ0n) is 22.5. The van der Waals surface area contributed by atoms with Gasteiger partial charge in [0.25, 0.3) is 0 Å². The second kappa shape index (κ2) is 12.4. The summed E-state index contributed by atoms with van der Waals surface area (Å²) in [5.74, 6) is -0.0914. The van der Waals surface area contributed by atoms with Crippen LogP contribution in [0.2, 0.25) is 0 Å². The van der Waals surface area contributed by atoms with Crippen molar-refractivity contribution in [2.24, 2.45) is 7.05 Å². The Balaban J connectivity index is 0.00000380. The van der Waals surface area contributed by atoms with E-state index < -0.39 is 0 Å². The molecule has 0 bridgehead atoms. The Morgan fingerprint density at radius 1 is 1.08 bits per heavy atom. The van der Waals surface area contributed by atoms with E-state index >= 15 is 0 Å². The number of carbonyl (C=O) groups is 2. The summed E-state index contributed by atoms with van der Waals surface area (Å²) in [7, 11) is 3.80. The highest BCUT2D eigenvalue weighted by molar-refractivity contribution is 5.91. The zero-order chi connectivity index (χ0) is 25.8. The van der Waals surface area contributed by atoms with Gasteiger partial charge in [-0.1, -0.05) is 31.2 Å². The standard InChI is InChI=1S/C28H38N6O2.ClH/c1-6-29-11-12-30-27(35)17-34(25-16-26-24(13-19(25)2)20(3)31-33(26)5)18-28(36)32(4)23-14-21-9-7-8-10-22(21)15-23;/h7-10,13,16,23,29H,6,11-12,14-15,17-18H2,1-5H3,(H,30,35);1H. The molecule has 1 heterocycles. The predicted molar refractivity (Wildman–Crippen MR) is 152 cm³/mol. The van der Waals surface area contributed by atoms with E-state index in [0.717, 1.165) is 47.2 Å². The van der Waals surface area contributed by atoms with E-state index in [4.69, 9.17) is 0 Å². The Kier molecular flexibility index (Phi) is 9.56. The molecule has 2 amide bonds. The highest BCUT2D eigenvalue weighted by Gasteiger charge is 2.29. The lowest BCUT2D eigenvalue weighted by Gasteiger charge is -2.30.